The summed E-state index contributed by atoms with van der Waals surface area (Å²) in [6, 6.07) is 9.21. The molecular weight excluding hydrogens is 272 g/mol. The van der Waals surface area contributed by atoms with Crippen molar-refractivity contribution in [2.24, 2.45) is 0 Å². The van der Waals surface area contributed by atoms with Gasteiger partial charge in [0, 0.05) is 5.69 Å². The summed E-state index contributed by atoms with van der Waals surface area (Å²) >= 11 is 0. The molecule has 2 aliphatic heterocycles. The topological polar surface area (TPSA) is 67.9 Å². The maximum Gasteiger partial charge on any atom is 0.408 e. The fraction of sp³-hybridized carbons (Fsp3) is 0.200. The summed E-state index contributed by atoms with van der Waals surface area (Å²) in [5, 5.41) is 2.49. The number of benzene rings is 1. The van der Waals surface area contributed by atoms with Crippen LogP contribution in [0.25, 0.3) is 0 Å². The molecule has 6 heteroatoms. The van der Waals surface area contributed by atoms with Crippen LogP contribution in [0.15, 0.2) is 54.4 Å². The van der Waals surface area contributed by atoms with E-state index in [1.807, 2.05) is 30.3 Å². The first-order valence-electron chi connectivity index (χ1n) is 6.57. The fourth-order valence-corrected chi connectivity index (χ4v) is 2.19. The van der Waals surface area contributed by atoms with Gasteiger partial charge in [-0.05, 0) is 24.3 Å². The minimum absolute atomic E-state index is 0.175. The van der Waals surface area contributed by atoms with E-state index >= 15 is 0 Å². The van der Waals surface area contributed by atoms with Gasteiger partial charge in [0.2, 0.25) is 0 Å². The van der Waals surface area contributed by atoms with Gasteiger partial charge in [-0.2, -0.15) is 0 Å². The summed E-state index contributed by atoms with van der Waals surface area (Å²) in [4.78, 5) is 25.4. The molecule has 0 spiro atoms. The molecule has 0 saturated carbocycles. The standard InChI is InChI=1S/C15H14N2O4/c18-14(13-10-16-15(19)21-13)17(11-4-2-1-3-5-11)12-6-8-20-9-7-12/h1-8,13H,9-10H2,(H,16,19). The number of hydrogen-bond donors (Lipinski definition) is 1. The van der Waals surface area contributed by atoms with Gasteiger partial charge in [-0.3, -0.25) is 9.69 Å². The minimum Gasteiger partial charge on any atom is -0.497 e. The number of ether oxygens (including phenoxy) is 2. The van der Waals surface area contributed by atoms with Gasteiger partial charge in [-0.25, -0.2) is 4.79 Å². The molecule has 1 aromatic carbocycles. The van der Waals surface area contributed by atoms with E-state index in [1.165, 1.54) is 11.2 Å². The highest BCUT2D eigenvalue weighted by atomic mass is 16.6. The average Bonchev–Trinajstić information content (AvgIpc) is 2.96. The molecule has 0 aliphatic carbocycles. The molecule has 1 fully saturated rings. The average molecular weight is 286 g/mol. The van der Waals surface area contributed by atoms with Gasteiger partial charge in [-0.1, -0.05) is 18.2 Å². The first-order chi connectivity index (χ1) is 10.3. The molecule has 0 radical (unpaired) electrons. The van der Waals surface area contributed by atoms with Gasteiger partial charge in [-0.15, -0.1) is 0 Å². The van der Waals surface area contributed by atoms with Crippen LogP contribution in [0.1, 0.15) is 0 Å². The molecule has 6 nitrogen and oxygen atoms in total. The number of hydrogen-bond acceptors (Lipinski definition) is 4. The first kappa shape index (κ1) is 13.2. The second kappa shape index (κ2) is 5.70. The van der Waals surface area contributed by atoms with Crippen molar-refractivity contribution in [1.82, 2.24) is 5.32 Å². The lowest BCUT2D eigenvalue weighted by molar-refractivity contribution is -0.124. The van der Waals surface area contributed by atoms with E-state index in [1.54, 1.807) is 12.2 Å². The van der Waals surface area contributed by atoms with Gasteiger partial charge in [0.1, 0.15) is 6.61 Å². The van der Waals surface area contributed by atoms with E-state index in [4.69, 9.17) is 9.47 Å². The Bertz CT molecular complexity index is 609. The predicted molar refractivity (Wildman–Crippen MR) is 75.4 cm³/mol. The van der Waals surface area contributed by atoms with Gasteiger partial charge < -0.3 is 14.8 Å². The van der Waals surface area contributed by atoms with E-state index in [0.717, 1.165) is 0 Å². The molecule has 1 unspecified atom stereocenters. The Morgan fingerprint density at radius 3 is 2.71 bits per heavy atom. The Morgan fingerprint density at radius 1 is 1.29 bits per heavy atom. The van der Waals surface area contributed by atoms with Crippen LogP contribution in [-0.2, 0) is 14.3 Å². The SMILES string of the molecule is O=C1NCC(C(=O)N(C2=CCOC=C2)c2ccccc2)O1. The maximum atomic E-state index is 12.7. The van der Waals surface area contributed by atoms with E-state index in [2.05, 4.69) is 5.32 Å². The lowest BCUT2D eigenvalue weighted by atomic mass is 10.2. The fourth-order valence-electron chi connectivity index (χ4n) is 2.19. The number of nitrogens with one attached hydrogen (secondary N) is 1. The highest BCUT2D eigenvalue weighted by Gasteiger charge is 2.34. The highest BCUT2D eigenvalue weighted by molar-refractivity contribution is 6.01. The summed E-state index contributed by atoms with van der Waals surface area (Å²) in [6.07, 6.45) is 3.65. The van der Waals surface area contributed by atoms with Crippen molar-refractivity contribution in [3.05, 3.63) is 54.4 Å². The number of carbonyl (C=O) groups excluding carboxylic acids is 2. The smallest absolute Gasteiger partial charge is 0.408 e. The van der Waals surface area contributed by atoms with Crippen LogP contribution in [-0.4, -0.2) is 31.3 Å². The third kappa shape index (κ3) is 2.74. The summed E-state index contributed by atoms with van der Waals surface area (Å²) in [5.74, 6) is -0.294. The van der Waals surface area contributed by atoms with Crippen LogP contribution in [0.4, 0.5) is 10.5 Å². The molecule has 2 heterocycles. The number of allylic oxidation sites excluding steroid dienone is 1. The number of para-hydroxylation sites is 1. The summed E-state index contributed by atoms with van der Waals surface area (Å²) in [5.41, 5.74) is 1.41. The third-order valence-corrected chi connectivity index (χ3v) is 3.17. The third-order valence-electron chi connectivity index (χ3n) is 3.17. The van der Waals surface area contributed by atoms with E-state index in [9.17, 15) is 9.59 Å². The van der Waals surface area contributed by atoms with Gasteiger partial charge in [0.05, 0.1) is 18.5 Å². The molecule has 1 atom stereocenters. The molecule has 0 bridgehead atoms. The number of anilines is 1. The zero-order valence-electron chi connectivity index (χ0n) is 11.2. The molecule has 2 amide bonds. The van der Waals surface area contributed by atoms with Crippen molar-refractivity contribution >= 4 is 17.7 Å². The summed E-state index contributed by atoms with van der Waals surface area (Å²) in [6.45, 7) is 0.569. The molecule has 108 valence electrons. The minimum atomic E-state index is -0.824. The van der Waals surface area contributed by atoms with Crippen LogP contribution < -0.4 is 10.2 Å². The van der Waals surface area contributed by atoms with Crippen LogP contribution in [0.5, 0.6) is 0 Å². The molecule has 3 rings (SSSR count). The van der Waals surface area contributed by atoms with Crippen molar-refractivity contribution in [3.8, 4) is 0 Å². The Morgan fingerprint density at radius 2 is 2.10 bits per heavy atom. The monoisotopic (exact) mass is 286 g/mol. The Labute approximate surface area is 121 Å². The Hall–Kier alpha value is -2.76. The van der Waals surface area contributed by atoms with E-state index < -0.39 is 12.2 Å². The van der Waals surface area contributed by atoms with Gasteiger partial charge in [0.15, 0.2) is 6.10 Å². The molecule has 1 saturated heterocycles. The number of amides is 2. The Balaban J connectivity index is 1.92. The van der Waals surface area contributed by atoms with Crippen LogP contribution in [0.3, 0.4) is 0 Å². The van der Waals surface area contributed by atoms with E-state index in [0.29, 0.717) is 18.0 Å². The number of nitrogens with zero attached hydrogens (tertiary/aromatic N) is 1. The zero-order valence-corrected chi connectivity index (χ0v) is 11.2. The molecule has 0 aromatic heterocycles. The molecule has 1 aromatic rings. The second-order valence-electron chi connectivity index (χ2n) is 4.55. The second-order valence-corrected chi connectivity index (χ2v) is 4.55. The zero-order chi connectivity index (χ0) is 14.7. The summed E-state index contributed by atoms with van der Waals surface area (Å²) in [7, 11) is 0. The van der Waals surface area contributed by atoms with Crippen molar-refractivity contribution in [1.29, 1.82) is 0 Å². The molecule has 2 aliphatic rings. The largest absolute Gasteiger partial charge is 0.497 e. The predicted octanol–water partition coefficient (Wildman–Crippen LogP) is 1.56. The van der Waals surface area contributed by atoms with Crippen molar-refractivity contribution in [3.63, 3.8) is 0 Å². The lowest BCUT2D eigenvalue weighted by Gasteiger charge is -2.26. The molecule has 21 heavy (non-hydrogen) atoms. The maximum absolute atomic E-state index is 12.7. The van der Waals surface area contributed by atoms with Crippen molar-refractivity contribution in [2.45, 2.75) is 6.10 Å². The number of alkyl carbamates (subject to hydrolysis) is 1. The van der Waals surface area contributed by atoms with Gasteiger partial charge in [0.25, 0.3) is 5.91 Å². The first-order valence-corrected chi connectivity index (χ1v) is 6.57. The van der Waals surface area contributed by atoms with Crippen molar-refractivity contribution in [2.75, 3.05) is 18.1 Å². The molecular formula is C15H14N2O4. The normalized spacial score (nSPS) is 20.1. The Kier molecular flexibility index (Phi) is 3.59. The number of rotatable bonds is 3. The highest BCUT2D eigenvalue weighted by Crippen LogP contribution is 2.23. The van der Waals surface area contributed by atoms with Crippen LogP contribution in [0, 0.1) is 0 Å². The van der Waals surface area contributed by atoms with Crippen molar-refractivity contribution < 1.29 is 19.1 Å². The van der Waals surface area contributed by atoms with E-state index in [-0.39, 0.29) is 12.5 Å². The number of cyclic esters (lactones) is 1. The quantitative estimate of drug-likeness (QED) is 0.915. The van der Waals surface area contributed by atoms with Crippen LogP contribution in [0.2, 0.25) is 0 Å². The summed E-state index contributed by atoms with van der Waals surface area (Å²) < 4.78 is 10.1. The number of carbonyl (C=O) groups is 2. The van der Waals surface area contributed by atoms with Crippen LogP contribution >= 0.6 is 0 Å². The lowest BCUT2D eigenvalue weighted by Crippen LogP contribution is -2.40. The van der Waals surface area contributed by atoms with Gasteiger partial charge >= 0.3 is 6.09 Å². The molecule has 1 N–H and O–H groups in total.